The van der Waals surface area contributed by atoms with Crippen LogP contribution in [0, 0.1) is 13.8 Å². The van der Waals surface area contributed by atoms with Crippen LogP contribution < -0.4 is 9.32 Å². The monoisotopic (exact) mass is 385 g/mol. The van der Waals surface area contributed by atoms with E-state index in [1.54, 1.807) is 12.1 Å². The van der Waals surface area contributed by atoms with E-state index in [4.69, 9.17) is 14.1 Å². The number of hydrogen-bond acceptors (Lipinski definition) is 4. The Balaban J connectivity index is 1.52. The third kappa shape index (κ3) is 3.78. The summed E-state index contributed by atoms with van der Waals surface area (Å²) in [5.74, 6) is 0.252. The van der Waals surface area contributed by atoms with Crippen molar-refractivity contribution < 1.29 is 17.3 Å². The predicted molar refractivity (Wildman–Crippen MR) is 104 cm³/mol. The lowest BCUT2D eigenvalue weighted by Crippen LogP contribution is -2.27. The zero-order valence-corrected chi connectivity index (χ0v) is 16.3. The van der Waals surface area contributed by atoms with Gasteiger partial charge < -0.3 is 8.92 Å². The smallest absolute Gasteiger partial charge is 0.371 e. The molecule has 2 aromatic rings. The molecule has 0 fully saturated rings. The summed E-state index contributed by atoms with van der Waals surface area (Å²) < 4.78 is 33.2. The lowest BCUT2D eigenvalue weighted by molar-refractivity contribution is 0.0499. The molecule has 27 heavy (non-hydrogen) atoms. The van der Waals surface area contributed by atoms with Gasteiger partial charge in [-0.05, 0) is 77.8 Å². The molecule has 0 radical (unpaired) electrons. The molecule has 0 amide bonds. The topological polar surface area (TPSA) is 78.6 Å². The summed E-state index contributed by atoms with van der Waals surface area (Å²) in [7, 11) is -4.00. The number of fused-ring (bicyclic) bond motifs is 2. The third-order valence-electron chi connectivity index (χ3n) is 5.58. The highest BCUT2D eigenvalue weighted by molar-refractivity contribution is 7.84. The maximum atomic E-state index is 11.1. The number of rotatable bonds is 3. The number of benzene rings is 2. The summed E-state index contributed by atoms with van der Waals surface area (Å²) in [5, 5.41) is 4.94. The minimum Gasteiger partial charge on any atom is -0.371 e. The molecule has 1 unspecified atom stereocenters. The van der Waals surface area contributed by atoms with E-state index in [1.807, 2.05) is 6.07 Å². The largest absolute Gasteiger partial charge is 0.380 e. The van der Waals surface area contributed by atoms with Crippen molar-refractivity contribution in [3.63, 3.8) is 0 Å². The van der Waals surface area contributed by atoms with E-state index < -0.39 is 10.3 Å². The zero-order chi connectivity index (χ0) is 19.2. The van der Waals surface area contributed by atoms with E-state index >= 15 is 0 Å². The van der Waals surface area contributed by atoms with Gasteiger partial charge in [-0.3, -0.25) is 0 Å². The maximum absolute atomic E-state index is 11.1. The highest BCUT2D eigenvalue weighted by Crippen LogP contribution is 2.33. The van der Waals surface area contributed by atoms with E-state index in [-0.39, 0.29) is 11.9 Å². The van der Waals surface area contributed by atoms with Crippen LogP contribution in [0.1, 0.15) is 33.4 Å². The molecule has 6 heteroatoms. The van der Waals surface area contributed by atoms with Crippen molar-refractivity contribution in [3.8, 4) is 5.75 Å². The Kier molecular flexibility index (Phi) is 4.58. The maximum Gasteiger partial charge on any atom is 0.380 e. The van der Waals surface area contributed by atoms with Crippen molar-refractivity contribution in [2.45, 2.75) is 45.8 Å². The number of hydrogen-bond donors (Lipinski definition) is 1. The fraction of sp³-hybridized carbons (Fsp3) is 0.333. The van der Waals surface area contributed by atoms with Crippen LogP contribution in [0.3, 0.4) is 0 Å². The Bertz CT molecular complexity index is 1040. The minimum atomic E-state index is -4.00. The molecule has 2 N–H and O–H groups in total. The summed E-state index contributed by atoms with van der Waals surface area (Å²) in [6, 6.07) is 9.72. The molecule has 2 aliphatic rings. The third-order valence-corrected chi connectivity index (χ3v) is 6.01. The average molecular weight is 385 g/mol. The summed E-state index contributed by atoms with van der Waals surface area (Å²) in [4.78, 5) is 0. The molecule has 1 aliphatic heterocycles. The second kappa shape index (κ2) is 6.78. The van der Waals surface area contributed by atoms with Crippen molar-refractivity contribution >= 4 is 10.3 Å². The number of nitrogens with two attached hydrogens (primary N) is 1. The van der Waals surface area contributed by atoms with Crippen molar-refractivity contribution in [1.29, 1.82) is 0 Å². The van der Waals surface area contributed by atoms with Gasteiger partial charge in [0, 0.05) is 6.42 Å². The zero-order valence-electron chi connectivity index (χ0n) is 15.5. The van der Waals surface area contributed by atoms with E-state index in [1.165, 1.54) is 33.4 Å². The Labute approximate surface area is 160 Å². The van der Waals surface area contributed by atoms with Gasteiger partial charge in [-0.25, -0.2) is 0 Å². The minimum absolute atomic E-state index is 0.0908. The van der Waals surface area contributed by atoms with Gasteiger partial charge in [-0.2, -0.15) is 13.6 Å². The number of aryl methyl sites for hydroxylation is 1. The Hall–Kier alpha value is -2.15. The van der Waals surface area contributed by atoms with Crippen molar-refractivity contribution in [1.82, 2.24) is 0 Å². The molecule has 1 aliphatic carbocycles. The SMILES string of the molecule is Cc1ccc2c(c1C)COC(C1=CCc3cc(OS(N)(=O)=O)ccc3C1)C2. The molecular formula is C21H23NO4S. The molecule has 0 aromatic heterocycles. The second-order valence-electron chi connectivity index (χ2n) is 7.32. The Morgan fingerprint density at radius 2 is 1.89 bits per heavy atom. The normalized spacial score (nSPS) is 19.1. The molecule has 4 rings (SSSR count). The molecule has 1 atom stereocenters. The van der Waals surface area contributed by atoms with E-state index in [0.717, 1.165) is 24.8 Å². The van der Waals surface area contributed by atoms with Gasteiger partial charge in [0.25, 0.3) is 0 Å². The van der Waals surface area contributed by atoms with Crippen LogP contribution >= 0.6 is 0 Å². The second-order valence-corrected chi connectivity index (χ2v) is 8.47. The highest BCUT2D eigenvalue weighted by Gasteiger charge is 2.26. The van der Waals surface area contributed by atoms with Gasteiger partial charge in [-0.1, -0.05) is 24.3 Å². The fourth-order valence-electron chi connectivity index (χ4n) is 3.93. The summed E-state index contributed by atoms with van der Waals surface area (Å²) in [5.41, 5.74) is 8.85. The van der Waals surface area contributed by atoms with Gasteiger partial charge in [0.15, 0.2) is 0 Å². The molecule has 0 bridgehead atoms. The summed E-state index contributed by atoms with van der Waals surface area (Å²) >= 11 is 0. The molecule has 0 saturated carbocycles. The van der Waals surface area contributed by atoms with Gasteiger partial charge in [0.2, 0.25) is 0 Å². The highest BCUT2D eigenvalue weighted by atomic mass is 32.2. The first-order valence-corrected chi connectivity index (χ1v) is 10.5. The first-order chi connectivity index (χ1) is 12.8. The van der Waals surface area contributed by atoms with Crippen LogP contribution in [0.15, 0.2) is 42.0 Å². The van der Waals surface area contributed by atoms with Crippen LogP contribution in [0.25, 0.3) is 0 Å². The van der Waals surface area contributed by atoms with Crippen LogP contribution in [0.5, 0.6) is 5.75 Å². The fourth-order valence-corrected chi connectivity index (χ4v) is 4.30. The van der Waals surface area contributed by atoms with Crippen LogP contribution in [-0.4, -0.2) is 14.5 Å². The van der Waals surface area contributed by atoms with E-state index in [9.17, 15) is 8.42 Å². The Morgan fingerprint density at radius 1 is 1.11 bits per heavy atom. The van der Waals surface area contributed by atoms with Crippen molar-refractivity contribution in [2.24, 2.45) is 5.14 Å². The molecule has 2 aromatic carbocycles. The van der Waals surface area contributed by atoms with Crippen LogP contribution in [0.4, 0.5) is 0 Å². The molecule has 142 valence electrons. The van der Waals surface area contributed by atoms with Crippen molar-refractivity contribution in [3.05, 3.63) is 75.4 Å². The predicted octanol–water partition coefficient (Wildman–Crippen LogP) is 3.05. The van der Waals surface area contributed by atoms with Gasteiger partial charge in [-0.15, -0.1) is 0 Å². The molecule has 0 saturated heterocycles. The first kappa shape index (κ1) is 18.2. The van der Waals surface area contributed by atoms with Crippen molar-refractivity contribution in [2.75, 3.05) is 0 Å². The van der Waals surface area contributed by atoms with Gasteiger partial charge in [0.05, 0.1) is 12.7 Å². The summed E-state index contributed by atoms with van der Waals surface area (Å²) in [6.07, 6.45) is 4.71. The number of allylic oxidation sites excluding steroid dienone is 1. The summed E-state index contributed by atoms with van der Waals surface area (Å²) in [6.45, 7) is 4.95. The lowest BCUT2D eigenvalue weighted by atomic mass is 9.84. The lowest BCUT2D eigenvalue weighted by Gasteiger charge is -2.31. The molecular weight excluding hydrogens is 362 g/mol. The van der Waals surface area contributed by atoms with Gasteiger partial charge >= 0.3 is 10.3 Å². The average Bonchev–Trinajstić information content (AvgIpc) is 2.63. The quantitative estimate of drug-likeness (QED) is 0.824. The van der Waals surface area contributed by atoms with E-state index in [0.29, 0.717) is 6.61 Å². The molecule has 1 heterocycles. The molecule has 0 spiro atoms. The van der Waals surface area contributed by atoms with Crippen LogP contribution in [0.2, 0.25) is 0 Å². The van der Waals surface area contributed by atoms with E-state index in [2.05, 4.69) is 32.1 Å². The first-order valence-electron chi connectivity index (χ1n) is 9.02. The molecule has 5 nitrogen and oxygen atoms in total. The van der Waals surface area contributed by atoms with Gasteiger partial charge in [0.1, 0.15) is 5.75 Å². The number of ether oxygens (including phenoxy) is 1. The standard InChI is InChI=1S/C21H23NO4S/c1-13-3-4-17-11-21(25-12-20(17)14(13)2)18-6-5-16-10-19(26-27(22,23)24)8-7-15(16)9-18/h3-4,6-8,10,21H,5,9,11-12H2,1-2H3,(H2,22,23,24). The van der Waals surface area contributed by atoms with Crippen LogP contribution in [-0.2, 0) is 40.9 Å². The Morgan fingerprint density at radius 3 is 2.67 bits per heavy atom.